The Hall–Kier alpha value is -2.13. The highest BCUT2D eigenvalue weighted by molar-refractivity contribution is 9.10. The molecule has 2 aromatic carbocycles. The average Bonchev–Trinajstić information content (AvgIpc) is 2.86. The van der Waals surface area contributed by atoms with Gasteiger partial charge in [-0.3, -0.25) is 4.79 Å². The van der Waals surface area contributed by atoms with E-state index in [-0.39, 0.29) is 11.1 Å². The van der Waals surface area contributed by atoms with Crippen LogP contribution in [-0.4, -0.2) is 37.7 Å². The van der Waals surface area contributed by atoms with Gasteiger partial charge in [0.15, 0.2) is 5.50 Å². The summed E-state index contributed by atoms with van der Waals surface area (Å²) < 4.78 is 33.6. The lowest BCUT2D eigenvalue weighted by Crippen LogP contribution is -2.40. The molecule has 11 heteroatoms. The minimum Gasteiger partial charge on any atom is -0.467 e. The van der Waals surface area contributed by atoms with Crippen LogP contribution < -0.4 is 5.73 Å². The fraction of sp³-hybridized carbons (Fsp3) is 0.118. The van der Waals surface area contributed by atoms with Gasteiger partial charge in [-0.1, -0.05) is 64.5 Å². The van der Waals surface area contributed by atoms with Gasteiger partial charge in [-0.05, 0) is 11.6 Å². The maximum absolute atomic E-state index is 12.9. The van der Waals surface area contributed by atoms with E-state index in [2.05, 4.69) is 15.9 Å². The van der Waals surface area contributed by atoms with Crippen molar-refractivity contribution in [3.63, 3.8) is 0 Å². The smallest absolute Gasteiger partial charge is 0.302 e. The first-order valence-electron chi connectivity index (χ1n) is 7.85. The maximum Gasteiger partial charge on any atom is 0.302 e. The molecule has 0 unspecified atom stereocenters. The number of hydrogen-bond donors (Lipinski definition) is 1. The van der Waals surface area contributed by atoms with Crippen LogP contribution in [-0.2, 0) is 33.9 Å². The molecule has 0 amide bonds. The summed E-state index contributed by atoms with van der Waals surface area (Å²) in [6, 6.07) is 14.0. The maximum atomic E-state index is 12.9. The van der Waals surface area contributed by atoms with Gasteiger partial charge in [0.2, 0.25) is 17.4 Å². The van der Waals surface area contributed by atoms with E-state index in [1.807, 2.05) is 0 Å². The number of carbonyl (C=O) groups excluding carboxylic acids is 1. The molecule has 0 aromatic heterocycles. The van der Waals surface area contributed by atoms with Gasteiger partial charge >= 0.3 is 10.1 Å². The third-order valence-corrected chi connectivity index (χ3v) is 6.28. The predicted octanol–water partition coefficient (Wildman–Crippen LogP) is 0.991. The Morgan fingerprint density at radius 1 is 1.07 bits per heavy atom. The molecule has 0 fully saturated rings. The number of Topliss-reactive ketones (excluding diaryl/α,β-unsaturated/α-hetero) is 1. The molecule has 3 rings (SSSR count). The van der Waals surface area contributed by atoms with Crippen molar-refractivity contribution in [2.24, 2.45) is 5.73 Å². The molecule has 1 heterocycles. The first-order valence-corrected chi connectivity index (χ1v) is 10.1. The first-order chi connectivity index (χ1) is 13.0. The molecule has 0 aliphatic carbocycles. The molecule has 0 bridgehead atoms. The van der Waals surface area contributed by atoms with Crippen molar-refractivity contribution < 1.29 is 22.1 Å². The number of ether oxygens (including phenoxy) is 1. The van der Waals surface area contributed by atoms with Gasteiger partial charge in [-0.15, -0.1) is 0 Å². The normalized spacial score (nSPS) is 20.1. The van der Waals surface area contributed by atoms with Crippen molar-refractivity contribution in [3.8, 4) is 0 Å². The van der Waals surface area contributed by atoms with E-state index >= 15 is 0 Å². The molecule has 1 aliphatic rings. The molecular formula is C17H11B3BrNO5S. The molecule has 6 radical (unpaired) electrons. The van der Waals surface area contributed by atoms with Gasteiger partial charge in [0.25, 0.3) is 0 Å². The summed E-state index contributed by atoms with van der Waals surface area (Å²) in [5.74, 6) is -2.39. The molecule has 136 valence electrons. The second-order valence-corrected chi connectivity index (χ2v) is 8.64. The Balaban J connectivity index is 1.96. The Morgan fingerprint density at radius 2 is 1.64 bits per heavy atom. The lowest BCUT2D eigenvalue weighted by atomic mass is 9.65. The fourth-order valence-corrected chi connectivity index (χ4v) is 4.11. The predicted molar refractivity (Wildman–Crippen MR) is 109 cm³/mol. The zero-order chi connectivity index (χ0) is 20.7. The summed E-state index contributed by atoms with van der Waals surface area (Å²) in [6.07, 6.45) is 0. The number of ketones is 1. The first kappa shape index (κ1) is 20.6. The van der Waals surface area contributed by atoms with Gasteiger partial charge in [0, 0.05) is 10.0 Å². The van der Waals surface area contributed by atoms with E-state index in [0.717, 1.165) is 0 Å². The van der Waals surface area contributed by atoms with Crippen molar-refractivity contribution in [1.29, 1.82) is 0 Å². The molecule has 2 aromatic rings. The van der Waals surface area contributed by atoms with Crippen LogP contribution in [0.4, 0.5) is 0 Å². The summed E-state index contributed by atoms with van der Waals surface area (Å²) in [7, 11) is 12.9. The van der Waals surface area contributed by atoms with Crippen molar-refractivity contribution in [2.75, 3.05) is 0 Å². The van der Waals surface area contributed by atoms with Crippen LogP contribution in [0, 0.1) is 0 Å². The molecule has 0 spiro atoms. The largest absolute Gasteiger partial charge is 0.467 e. The molecule has 1 aliphatic heterocycles. The minimum atomic E-state index is -4.76. The van der Waals surface area contributed by atoms with E-state index in [1.54, 1.807) is 36.4 Å². The van der Waals surface area contributed by atoms with Crippen LogP contribution in [0.15, 0.2) is 70.7 Å². The lowest BCUT2D eigenvalue weighted by Gasteiger charge is -2.27. The number of carbonyl (C=O) groups is 1. The Labute approximate surface area is 175 Å². The van der Waals surface area contributed by atoms with Crippen LogP contribution in [0.1, 0.15) is 11.1 Å². The summed E-state index contributed by atoms with van der Waals surface area (Å²) in [4.78, 5) is 12.9. The zero-order valence-corrected chi connectivity index (χ0v) is 16.7. The highest BCUT2D eigenvalue weighted by atomic mass is 79.9. The molecule has 6 nitrogen and oxygen atoms in total. The van der Waals surface area contributed by atoms with Crippen LogP contribution >= 0.6 is 15.9 Å². The number of hydrogen-bond acceptors (Lipinski definition) is 6. The number of benzene rings is 2. The van der Waals surface area contributed by atoms with Gasteiger partial charge in [-0.25, -0.2) is 0 Å². The lowest BCUT2D eigenvalue weighted by molar-refractivity contribution is -0.126. The van der Waals surface area contributed by atoms with E-state index < -0.39 is 37.6 Å². The van der Waals surface area contributed by atoms with E-state index in [0.29, 0.717) is 4.47 Å². The summed E-state index contributed by atoms with van der Waals surface area (Å²) >= 11 is 3.26. The van der Waals surface area contributed by atoms with Crippen molar-refractivity contribution in [2.45, 2.75) is 10.0 Å². The van der Waals surface area contributed by atoms with Gasteiger partial charge in [-0.2, -0.15) is 8.42 Å². The monoisotopic (exact) mass is 453 g/mol. The Bertz CT molecular complexity index is 1080. The Kier molecular flexibility index (Phi) is 5.18. The van der Waals surface area contributed by atoms with Gasteiger partial charge in [0.1, 0.15) is 7.85 Å². The topological polar surface area (TPSA) is 95.7 Å². The number of halogens is 1. The third-order valence-electron chi connectivity index (χ3n) is 4.14. The average molecular weight is 454 g/mol. The van der Waals surface area contributed by atoms with Crippen molar-refractivity contribution in [1.82, 2.24) is 0 Å². The van der Waals surface area contributed by atoms with Gasteiger partial charge < -0.3 is 14.7 Å². The molecule has 1 atom stereocenters. The van der Waals surface area contributed by atoms with Crippen LogP contribution in [0.25, 0.3) is 0 Å². The molecule has 28 heavy (non-hydrogen) atoms. The number of nitrogens with two attached hydrogens (primary N) is 1. The van der Waals surface area contributed by atoms with Crippen LogP contribution in [0.2, 0.25) is 0 Å². The zero-order valence-electron chi connectivity index (χ0n) is 14.3. The molecule has 0 saturated heterocycles. The molecule has 2 N–H and O–H groups in total. The fourth-order valence-electron chi connectivity index (χ4n) is 2.59. The van der Waals surface area contributed by atoms with E-state index in [9.17, 15) is 13.2 Å². The minimum absolute atomic E-state index is 0.0466. The number of rotatable bonds is 5. The second-order valence-electron chi connectivity index (χ2n) is 6.04. The standard InChI is InChI=1S/C17H11B3BrNO5S/c18-16(11-8-4-5-9-12(11)21)14(23)13(15(22)26-16)27-28(24,25)17(19,20)10-6-2-1-3-7-10/h1-9H,22H2/t16-/m0/s1. The summed E-state index contributed by atoms with van der Waals surface area (Å²) in [6.45, 7) is 0. The third kappa shape index (κ3) is 3.26. The Morgan fingerprint density at radius 3 is 2.25 bits per heavy atom. The van der Waals surface area contributed by atoms with E-state index in [1.165, 1.54) is 18.2 Å². The molecular weight excluding hydrogens is 443 g/mol. The van der Waals surface area contributed by atoms with Crippen LogP contribution in [0.5, 0.6) is 0 Å². The van der Waals surface area contributed by atoms with Crippen molar-refractivity contribution >= 4 is 55.4 Å². The summed E-state index contributed by atoms with van der Waals surface area (Å²) in [5, 5.41) is 0. The second kappa shape index (κ2) is 7.04. The summed E-state index contributed by atoms with van der Waals surface area (Å²) in [5.41, 5.74) is 3.89. The van der Waals surface area contributed by atoms with Gasteiger partial charge in [0.05, 0.1) is 20.2 Å². The quantitative estimate of drug-likeness (QED) is 0.536. The van der Waals surface area contributed by atoms with Crippen LogP contribution in [0.3, 0.4) is 0 Å². The highest BCUT2D eigenvalue weighted by Gasteiger charge is 2.51. The van der Waals surface area contributed by atoms with Crippen molar-refractivity contribution in [3.05, 3.63) is 81.8 Å². The van der Waals surface area contributed by atoms with E-state index in [4.69, 9.17) is 38.2 Å². The highest BCUT2D eigenvalue weighted by Crippen LogP contribution is 2.40. The SMILES string of the molecule is [B]C([B])(c1ccccc1)S(=O)(=O)OC1=C(N)O[C@@]([B])(c2ccccc2Br)C1=O. The molecule has 0 saturated carbocycles.